The van der Waals surface area contributed by atoms with Gasteiger partial charge in [-0.2, -0.15) is 4.98 Å². The van der Waals surface area contributed by atoms with Crippen LogP contribution in [0, 0.1) is 23.2 Å². The van der Waals surface area contributed by atoms with E-state index < -0.39 is 17.7 Å². The molecule has 4 aliphatic carbocycles. The Morgan fingerprint density at radius 1 is 1.26 bits per heavy atom. The summed E-state index contributed by atoms with van der Waals surface area (Å²) in [6.45, 7) is 3.92. The molecule has 4 fully saturated rings. The minimum atomic E-state index is -0.753. The number of nitrogens with zero attached hydrogens (tertiary/aromatic N) is 1. The molecule has 4 bridgehead atoms. The van der Waals surface area contributed by atoms with Gasteiger partial charge in [-0.1, -0.05) is 6.92 Å². The highest BCUT2D eigenvalue weighted by Gasteiger charge is 2.56. The molecular weight excluding hydrogens is 346 g/mol. The van der Waals surface area contributed by atoms with Crippen LogP contribution in [0.3, 0.4) is 0 Å². The molecule has 0 aliphatic heterocycles. The summed E-state index contributed by atoms with van der Waals surface area (Å²) in [5.41, 5.74) is 5.00. The quantitative estimate of drug-likeness (QED) is 0.761. The largest absolute Gasteiger partial charge is 0.476 e. The van der Waals surface area contributed by atoms with Crippen LogP contribution in [0.1, 0.15) is 58.8 Å². The zero-order valence-electron chi connectivity index (χ0n) is 16.1. The summed E-state index contributed by atoms with van der Waals surface area (Å²) >= 11 is 0. The highest BCUT2D eigenvalue weighted by Crippen LogP contribution is 2.61. The van der Waals surface area contributed by atoms with E-state index in [0.29, 0.717) is 23.6 Å². The monoisotopic (exact) mass is 375 g/mol. The second-order valence-electron chi connectivity index (χ2n) is 8.91. The molecule has 1 aromatic heterocycles. The molecule has 4 aliphatic rings. The van der Waals surface area contributed by atoms with Crippen molar-refractivity contribution < 1.29 is 14.3 Å². The van der Waals surface area contributed by atoms with Crippen LogP contribution in [0.2, 0.25) is 0 Å². The van der Waals surface area contributed by atoms with Gasteiger partial charge in [-0.05, 0) is 69.6 Å². The van der Waals surface area contributed by atoms with Gasteiger partial charge in [0.15, 0.2) is 6.10 Å². The molecule has 3 N–H and O–H groups in total. The fourth-order valence-corrected chi connectivity index (χ4v) is 5.94. The molecule has 2 unspecified atom stereocenters. The summed E-state index contributed by atoms with van der Waals surface area (Å²) in [6, 6.07) is 1.55. The molecule has 7 heteroatoms. The predicted molar refractivity (Wildman–Crippen MR) is 99.5 cm³/mol. The smallest absolute Gasteiger partial charge is 0.351 e. The Morgan fingerprint density at radius 3 is 2.37 bits per heavy atom. The van der Waals surface area contributed by atoms with Crippen LogP contribution in [-0.2, 0) is 4.79 Å². The number of hydrogen-bond acceptors (Lipinski definition) is 5. The lowest BCUT2D eigenvalue weighted by Crippen LogP contribution is -2.57. The number of aromatic nitrogens is 2. The van der Waals surface area contributed by atoms with Crippen molar-refractivity contribution in [1.82, 2.24) is 9.97 Å². The van der Waals surface area contributed by atoms with Crippen LogP contribution in [0.15, 0.2) is 10.9 Å². The normalized spacial score (nSPS) is 33.5. The minimum Gasteiger partial charge on any atom is -0.476 e. The topological polar surface area (TPSA) is 107 Å². The van der Waals surface area contributed by atoms with Crippen LogP contribution < -0.4 is 20.9 Å². The fraction of sp³-hybridized carbons (Fsp3) is 0.750. The number of nitrogens with two attached hydrogens (primary N) is 1. The molecule has 1 amide bonds. The van der Waals surface area contributed by atoms with Crippen molar-refractivity contribution >= 4 is 5.91 Å². The first-order valence-corrected chi connectivity index (χ1v) is 10.1. The number of aromatic amines is 1. The zero-order chi connectivity index (χ0) is 19.2. The number of amides is 1. The Labute approximate surface area is 159 Å². The van der Waals surface area contributed by atoms with Crippen LogP contribution in [-0.4, -0.2) is 28.1 Å². The highest BCUT2D eigenvalue weighted by atomic mass is 16.5. The van der Waals surface area contributed by atoms with E-state index in [1.54, 1.807) is 6.07 Å². The Bertz CT molecular complexity index is 739. The Balaban J connectivity index is 1.59. The van der Waals surface area contributed by atoms with Crippen molar-refractivity contribution in [3.63, 3.8) is 0 Å². The highest BCUT2D eigenvalue weighted by molar-refractivity contribution is 5.80. The van der Waals surface area contributed by atoms with Gasteiger partial charge in [-0.25, -0.2) is 4.79 Å². The first-order chi connectivity index (χ1) is 12.9. The third-order valence-electron chi connectivity index (χ3n) is 6.74. The summed E-state index contributed by atoms with van der Waals surface area (Å²) in [5, 5.41) is 0. The van der Waals surface area contributed by atoms with Gasteiger partial charge in [-0.15, -0.1) is 0 Å². The van der Waals surface area contributed by atoms with Crippen molar-refractivity contribution in [2.24, 2.45) is 28.9 Å². The predicted octanol–water partition coefficient (Wildman–Crippen LogP) is 2.40. The van der Waals surface area contributed by atoms with Gasteiger partial charge in [-0.3, -0.25) is 9.78 Å². The first-order valence-electron chi connectivity index (χ1n) is 10.1. The SMILES string of the molecule is CCC(C)Oc1cc(OC(C(N)=O)C23CC4CC(CC(C4)C2)C3)nc(=O)[nH]1. The van der Waals surface area contributed by atoms with E-state index in [-0.39, 0.29) is 17.4 Å². The molecule has 4 saturated carbocycles. The van der Waals surface area contributed by atoms with E-state index >= 15 is 0 Å². The number of primary amides is 1. The zero-order valence-corrected chi connectivity index (χ0v) is 16.1. The standard InChI is InChI=1S/C20H29N3O4/c1-3-11(2)26-15-7-16(23-19(25)22-15)27-17(18(21)24)20-8-12-4-13(9-20)6-14(5-12)10-20/h7,11-14,17H,3-6,8-10H2,1-2H3,(H2,21,24)(H,22,23,25). The van der Waals surface area contributed by atoms with Crippen LogP contribution in [0.25, 0.3) is 0 Å². The molecule has 5 rings (SSSR count). The van der Waals surface area contributed by atoms with Crippen molar-refractivity contribution in [1.29, 1.82) is 0 Å². The number of carbonyl (C=O) groups is 1. The summed E-state index contributed by atoms with van der Waals surface area (Å²) in [5.74, 6) is 1.93. The molecule has 0 saturated heterocycles. The van der Waals surface area contributed by atoms with E-state index in [1.807, 2.05) is 13.8 Å². The Kier molecular flexibility index (Phi) is 4.64. The van der Waals surface area contributed by atoms with Crippen molar-refractivity contribution in [3.8, 4) is 11.8 Å². The molecule has 0 spiro atoms. The molecule has 1 heterocycles. The van der Waals surface area contributed by atoms with Crippen molar-refractivity contribution in [2.45, 2.75) is 71.0 Å². The maximum atomic E-state index is 12.4. The summed E-state index contributed by atoms with van der Waals surface area (Å²) in [4.78, 5) is 30.8. The third-order valence-corrected chi connectivity index (χ3v) is 6.74. The molecular formula is C20H29N3O4. The van der Waals surface area contributed by atoms with E-state index in [4.69, 9.17) is 15.2 Å². The van der Waals surface area contributed by atoms with Crippen LogP contribution in [0.5, 0.6) is 11.8 Å². The maximum Gasteiger partial charge on any atom is 0.351 e. The van der Waals surface area contributed by atoms with Crippen molar-refractivity contribution in [2.75, 3.05) is 0 Å². The van der Waals surface area contributed by atoms with Gasteiger partial charge in [0.05, 0.1) is 12.2 Å². The molecule has 1 aromatic rings. The second kappa shape index (κ2) is 6.84. The summed E-state index contributed by atoms with van der Waals surface area (Å²) in [7, 11) is 0. The molecule has 7 nitrogen and oxygen atoms in total. The average molecular weight is 375 g/mol. The minimum absolute atomic E-state index is 0.0500. The lowest BCUT2D eigenvalue weighted by atomic mass is 9.48. The van der Waals surface area contributed by atoms with E-state index in [0.717, 1.165) is 25.7 Å². The van der Waals surface area contributed by atoms with Crippen LogP contribution >= 0.6 is 0 Å². The molecule has 0 aromatic carbocycles. The second-order valence-corrected chi connectivity index (χ2v) is 8.91. The molecule has 2 atom stereocenters. The number of H-pyrrole nitrogens is 1. The Morgan fingerprint density at radius 2 is 1.85 bits per heavy atom. The Hall–Kier alpha value is -2.05. The summed E-state index contributed by atoms with van der Waals surface area (Å²) < 4.78 is 11.7. The summed E-state index contributed by atoms with van der Waals surface area (Å²) in [6.07, 6.45) is 6.73. The van der Waals surface area contributed by atoms with Gasteiger partial charge < -0.3 is 15.2 Å². The van der Waals surface area contributed by atoms with Crippen LogP contribution in [0.4, 0.5) is 0 Å². The fourth-order valence-electron chi connectivity index (χ4n) is 5.94. The lowest BCUT2D eigenvalue weighted by Gasteiger charge is -2.58. The molecule has 148 valence electrons. The third kappa shape index (κ3) is 3.56. The van der Waals surface area contributed by atoms with E-state index in [9.17, 15) is 9.59 Å². The maximum absolute atomic E-state index is 12.4. The number of nitrogens with one attached hydrogen (secondary N) is 1. The van der Waals surface area contributed by atoms with E-state index in [2.05, 4.69) is 9.97 Å². The van der Waals surface area contributed by atoms with Crippen molar-refractivity contribution in [3.05, 3.63) is 16.6 Å². The number of hydrogen-bond donors (Lipinski definition) is 2. The number of rotatable bonds is 7. The lowest BCUT2D eigenvalue weighted by molar-refractivity contribution is -0.148. The van der Waals surface area contributed by atoms with Gasteiger partial charge >= 0.3 is 5.69 Å². The van der Waals surface area contributed by atoms with Gasteiger partial charge in [0.1, 0.15) is 0 Å². The first kappa shape index (κ1) is 18.3. The van der Waals surface area contributed by atoms with E-state index in [1.165, 1.54) is 19.3 Å². The van der Waals surface area contributed by atoms with Gasteiger partial charge in [0.2, 0.25) is 11.8 Å². The van der Waals surface area contributed by atoms with Gasteiger partial charge in [0.25, 0.3) is 5.91 Å². The average Bonchev–Trinajstić information content (AvgIpc) is 2.57. The molecule has 27 heavy (non-hydrogen) atoms. The van der Waals surface area contributed by atoms with Gasteiger partial charge in [0, 0.05) is 5.41 Å². The number of carbonyl (C=O) groups excluding carboxylic acids is 1. The molecule has 0 radical (unpaired) electrons. The number of ether oxygens (including phenoxy) is 2.